The van der Waals surface area contributed by atoms with Crippen LogP contribution in [0.4, 0.5) is 0 Å². The number of aromatic nitrogens is 3. The zero-order valence-corrected chi connectivity index (χ0v) is 14.7. The molecule has 0 amide bonds. The summed E-state index contributed by atoms with van der Waals surface area (Å²) in [4.78, 5) is 19.7. The number of ether oxygens (including phenoxy) is 1. The van der Waals surface area contributed by atoms with Crippen LogP contribution >= 0.6 is 0 Å². The molecule has 0 N–H and O–H groups in total. The number of aryl methyl sites for hydroxylation is 1. The molecule has 0 unspecified atom stereocenters. The Hall–Kier alpha value is -2.72. The van der Waals surface area contributed by atoms with Crippen LogP contribution in [-0.4, -0.2) is 46.5 Å². The van der Waals surface area contributed by atoms with Crippen LogP contribution in [0.1, 0.15) is 6.42 Å². The Labute approximate surface area is 148 Å². The van der Waals surface area contributed by atoms with Gasteiger partial charge in [-0.2, -0.15) is 4.31 Å². The SMILES string of the molecule is Cn1c(=O)oc2ccc(S(=O)(=O)N3CC[C@H](Oc4cnccn4)C3)cc21. The first-order valence-electron chi connectivity index (χ1n) is 7.97. The predicted octanol–water partition coefficient (Wildman–Crippen LogP) is 0.763. The van der Waals surface area contributed by atoms with Gasteiger partial charge in [-0.3, -0.25) is 9.55 Å². The van der Waals surface area contributed by atoms with E-state index in [1.54, 1.807) is 0 Å². The number of rotatable bonds is 4. The summed E-state index contributed by atoms with van der Waals surface area (Å²) >= 11 is 0. The third-order valence-electron chi connectivity index (χ3n) is 4.34. The highest BCUT2D eigenvalue weighted by Crippen LogP contribution is 2.25. The van der Waals surface area contributed by atoms with Gasteiger partial charge < -0.3 is 9.15 Å². The van der Waals surface area contributed by atoms with Gasteiger partial charge in [0.2, 0.25) is 15.9 Å². The topological polar surface area (TPSA) is 108 Å². The maximum atomic E-state index is 12.9. The molecule has 0 radical (unpaired) electrons. The van der Waals surface area contributed by atoms with Crippen LogP contribution in [0.2, 0.25) is 0 Å². The number of hydrogen-bond acceptors (Lipinski definition) is 7. The van der Waals surface area contributed by atoms with Gasteiger partial charge in [0.25, 0.3) is 0 Å². The Morgan fingerprint density at radius 3 is 2.92 bits per heavy atom. The van der Waals surface area contributed by atoms with E-state index < -0.39 is 15.8 Å². The van der Waals surface area contributed by atoms with Crippen molar-refractivity contribution in [2.45, 2.75) is 17.4 Å². The first-order chi connectivity index (χ1) is 12.4. The summed E-state index contributed by atoms with van der Waals surface area (Å²) in [5.41, 5.74) is 0.782. The van der Waals surface area contributed by atoms with Crippen molar-refractivity contribution in [1.29, 1.82) is 0 Å². The minimum Gasteiger partial charge on any atom is -0.472 e. The second kappa shape index (κ2) is 6.22. The summed E-state index contributed by atoms with van der Waals surface area (Å²) in [5, 5.41) is 0. The van der Waals surface area contributed by atoms with E-state index in [1.165, 1.54) is 52.7 Å². The monoisotopic (exact) mass is 376 g/mol. The third kappa shape index (κ3) is 2.86. The summed E-state index contributed by atoms with van der Waals surface area (Å²) in [6, 6.07) is 4.39. The second-order valence-electron chi connectivity index (χ2n) is 5.99. The smallest absolute Gasteiger partial charge is 0.419 e. The lowest BCUT2D eigenvalue weighted by molar-refractivity contribution is 0.206. The van der Waals surface area contributed by atoms with Gasteiger partial charge in [-0.25, -0.2) is 18.2 Å². The summed E-state index contributed by atoms with van der Waals surface area (Å²) in [7, 11) is -2.17. The van der Waals surface area contributed by atoms with E-state index in [1.807, 2.05) is 0 Å². The second-order valence-corrected chi connectivity index (χ2v) is 7.93. The molecule has 1 aromatic carbocycles. The molecule has 1 saturated heterocycles. The van der Waals surface area contributed by atoms with E-state index in [9.17, 15) is 13.2 Å². The fraction of sp³-hybridized carbons (Fsp3) is 0.312. The standard InChI is InChI=1S/C16H16N4O5S/c1-19-13-8-12(2-3-14(13)25-16(19)21)26(22,23)20-7-4-11(10-20)24-15-9-17-5-6-18-15/h2-3,5-6,8-9,11H,4,7,10H2,1H3/t11-/m0/s1. The van der Waals surface area contributed by atoms with E-state index >= 15 is 0 Å². The first kappa shape index (κ1) is 16.7. The van der Waals surface area contributed by atoms with E-state index in [2.05, 4.69) is 9.97 Å². The molecule has 0 spiro atoms. The van der Waals surface area contributed by atoms with Crippen molar-refractivity contribution in [3.63, 3.8) is 0 Å². The molecule has 1 aliphatic rings. The molecule has 4 rings (SSSR count). The molecule has 10 heteroatoms. The maximum absolute atomic E-state index is 12.9. The summed E-state index contributed by atoms with van der Waals surface area (Å²) in [6.07, 6.45) is 4.82. The highest BCUT2D eigenvalue weighted by molar-refractivity contribution is 7.89. The maximum Gasteiger partial charge on any atom is 0.419 e. The third-order valence-corrected chi connectivity index (χ3v) is 6.20. The Bertz CT molecular complexity index is 1110. The van der Waals surface area contributed by atoms with Gasteiger partial charge in [-0.1, -0.05) is 0 Å². The fourth-order valence-electron chi connectivity index (χ4n) is 2.95. The molecule has 136 valence electrons. The average Bonchev–Trinajstić information content (AvgIpc) is 3.21. The van der Waals surface area contributed by atoms with Crippen LogP contribution in [0, 0.1) is 0 Å². The van der Waals surface area contributed by atoms with Gasteiger partial charge in [-0.05, 0) is 24.6 Å². The molecule has 1 atom stereocenters. The predicted molar refractivity (Wildman–Crippen MR) is 91.3 cm³/mol. The van der Waals surface area contributed by atoms with Gasteiger partial charge in [0.1, 0.15) is 6.10 Å². The van der Waals surface area contributed by atoms with Crippen LogP contribution in [-0.2, 0) is 17.1 Å². The van der Waals surface area contributed by atoms with Crippen molar-refractivity contribution < 1.29 is 17.6 Å². The molecular weight excluding hydrogens is 360 g/mol. The first-order valence-corrected chi connectivity index (χ1v) is 9.41. The van der Waals surface area contributed by atoms with Crippen molar-refractivity contribution in [2.75, 3.05) is 13.1 Å². The molecule has 2 aromatic heterocycles. The fourth-order valence-corrected chi connectivity index (χ4v) is 4.45. The Balaban J connectivity index is 1.57. The molecule has 1 fully saturated rings. The zero-order chi connectivity index (χ0) is 18.3. The highest BCUT2D eigenvalue weighted by Gasteiger charge is 2.34. The molecule has 3 heterocycles. The number of nitrogens with zero attached hydrogens (tertiary/aromatic N) is 4. The lowest BCUT2D eigenvalue weighted by atomic mass is 10.3. The van der Waals surface area contributed by atoms with Gasteiger partial charge in [0.15, 0.2) is 5.58 Å². The molecule has 26 heavy (non-hydrogen) atoms. The Kier molecular flexibility index (Phi) is 4.00. The molecule has 9 nitrogen and oxygen atoms in total. The molecule has 0 aliphatic carbocycles. The molecular formula is C16H16N4O5S. The average molecular weight is 376 g/mol. The summed E-state index contributed by atoms with van der Waals surface area (Å²) in [5.74, 6) is -0.167. The van der Waals surface area contributed by atoms with Gasteiger partial charge in [0.05, 0.1) is 23.2 Å². The lowest BCUT2D eigenvalue weighted by Crippen LogP contribution is -2.31. The normalized spacial score (nSPS) is 18.4. The van der Waals surface area contributed by atoms with Crippen molar-refractivity contribution in [3.05, 3.63) is 47.3 Å². The molecule has 1 aliphatic heterocycles. The van der Waals surface area contributed by atoms with Crippen LogP contribution in [0.25, 0.3) is 11.1 Å². The van der Waals surface area contributed by atoms with Crippen LogP contribution in [0.3, 0.4) is 0 Å². The van der Waals surface area contributed by atoms with E-state index in [0.29, 0.717) is 29.9 Å². The Morgan fingerprint density at radius 1 is 1.31 bits per heavy atom. The quantitative estimate of drug-likeness (QED) is 0.661. The van der Waals surface area contributed by atoms with Crippen LogP contribution < -0.4 is 10.5 Å². The van der Waals surface area contributed by atoms with Crippen molar-refractivity contribution in [2.24, 2.45) is 7.05 Å². The number of benzene rings is 1. The zero-order valence-electron chi connectivity index (χ0n) is 13.9. The molecule has 3 aromatic rings. The lowest BCUT2D eigenvalue weighted by Gasteiger charge is -2.17. The number of oxazole rings is 1. The Morgan fingerprint density at radius 2 is 2.15 bits per heavy atom. The molecule has 0 saturated carbocycles. The summed E-state index contributed by atoms with van der Waals surface area (Å²) in [6.45, 7) is 0.566. The van der Waals surface area contributed by atoms with Crippen LogP contribution in [0.15, 0.2) is 50.9 Å². The van der Waals surface area contributed by atoms with Gasteiger partial charge in [0, 0.05) is 26.0 Å². The van der Waals surface area contributed by atoms with Gasteiger partial charge in [-0.15, -0.1) is 0 Å². The van der Waals surface area contributed by atoms with Crippen LogP contribution in [0.5, 0.6) is 5.88 Å². The van der Waals surface area contributed by atoms with Crippen molar-refractivity contribution in [3.8, 4) is 5.88 Å². The minimum absolute atomic E-state index is 0.113. The van der Waals surface area contributed by atoms with E-state index in [4.69, 9.17) is 9.15 Å². The number of sulfonamides is 1. The van der Waals surface area contributed by atoms with E-state index in [-0.39, 0.29) is 17.5 Å². The highest BCUT2D eigenvalue weighted by atomic mass is 32.2. The number of hydrogen-bond donors (Lipinski definition) is 0. The van der Waals surface area contributed by atoms with Crippen molar-refractivity contribution >= 4 is 21.1 Å². The number of fused-ring (bicyclic) bond motifs is 1. The van der Waals surface area contributed by atoms with E-state index in [0.717, 1.165) is 0 Å². The summed E-state index contributed by atoms with van der Waals surface area (Å²) < 4.78 is 39.2. The molecule has 0 bridgehead atoms. The van der Waals surface area contributed by atoms with Gasteiger partial charge >= 0.3 is 5.76 Å². The largest absolute Gasteiger partial charge is 0.472 e. The van der Waals surface area contributed by atoms with Crippen molar-refractivity contribution in [1.82, 2.24) is 18.8 Å². The minimum atomic E-state index is -3.70.